The minimum atomic E-state index is -1.08. The smallest absolute Gasteiger partial charge is 0.222 e. The highest BCUT2D eigenvalue weighted by atomic mass is 79.9. The Balaban J connectivity index is 1.80. The SMILES string of the molecule is C[Si](C)(C)CCOCn1c(C2CC2)nc(-c2ccnc(Cl)n2)c1Br. The molecule has 3 rings (SSSR count). The third-order valence-electron chi connectivity index (χ3n) is 3.96. The Bertz CT molecular complexity index is 727. The first-order valence-corrected chi connectivity index (χ1v) is 13.1. The van der Waals surface area contributed by atoms with Crippen molar-refractivity contribution in [2.24, 2.45) is 0 Å². The number of halogens is 2. The van der Waals surface area contributed by atoms with E-state index in [9.17, 15) is 0 Å². The van der Waals surface area contributed by atoms with Crippen LogP contribution in [0.4, 0.5) is 0 Å². The molecule has 8 heteroatoms. The Hall–Kier alpha value is -0.763. The van der Waals surface area contributed by atoms with Crippen molar-refractivity contribution in [1.29, 1.82) is 0 Å². The molecule has 24 heavy (non-hydrogen) atoms. The molecule has 0 saturated heterocycles. The Morgan fingerprint density at radius 2 is 2.08 bits per heavy atom. The molecule has 0 aromatic carbocycles. The summed E-state index contributed by atoms with van der Waals surface area (Å²) in [5, 5.41) is 0.230. The fourth-order valence-electron chi connectivity index (χ4n) is 2.39. The van der Waals surface area contributed by atoms with Gasteiger partial charge in [0.1, 0.15) is 22.9 Å². The lowest BCUT2D eigenvalue weighted by Crippen LogP contribution is -2.22. The van der Waals surface area contributed by atoms with Gasteiger partial charge in [-0.05, 0) is 52.5 Å². The molecule has 0 atom stereocenters. The molecule has 1 aliphatic rings. The van der Waals surface area contributed by atoms with Crippen molar-refractivity contribution in [3.8, 4) is 11.4 Å². The van der Waals surface area contributed by atoms with Crippen LogP contribution in [0, 0.1) is 0 Å². The minimum absolute atomic E-state index is 0.230. The second-order valence-corrected chi connectivity index (χ2v) is 14.1. The summed E-state index contributed by atoms with van der Waals surface area (Å²) in [6, 6.07) is 2.98. The fourth-order valence-corrected chi connectivity index (χ4v) is 3.87. The van der Waals surface area contributed by atoms with E-state index in [-0.39, 0.29) is 5.28 Å². The van der Waals surface area contributed by atoms with E-state index in [0.29, 0.717) is 12.6 Å². The maximum Gasteiger partial charge on any atom is 0.222 e. The van der Waals surface area contributed by atoms with Gasteiger partial charge in [0.15, 0.2) is 0 Å². The molecule has 1 saturated carbocycles. The minimum Gasteiger partial charge on any atom is -0.361 e. The molecule has 5 nitrogen and oxygen atoms in total. The van der Waals surface area contributed by atoms with Crippen molar-refractivity contribution >= 4 is 35.6 Å². The maximum atomic E-state index is 5.94. The van der Waals surface area contributed by atoms with Gasteiger partial charge in [-0.15, -0.1) is 0 Å². The Kier molecular flexibility index (Phi) is 5.44. The van der Waals surface area contributed by atoms with E-state index in [0.717, 1.165) is 34.5 Å². The summed E-state index contributed by atoms with van der Waals surface area (Å²) in [4.78, 5) is 13.0. The highest BCUT2D eigenvalue weighted by Crippen LogP contribution is 2.42. The zero-order chi connectivity index (χ0) is 17.3. The monoisotopic (exact) mass is 428 g/mol. The largest absolute Gasteiger partial charge is 0.361 e. The topological polar surface area (TPSA) is 52.8 Å². The molecule has 0 radical (unpaired) electrons. The van der Waals surface area contributed by atoms with Crippen LogP contribution in [0.25, 0.3) is 11.4 Å². The lowest BCUT2D eigenvalue weighted by molar-refractivity contribution is 0.0837. The molecule has 0 bridgehead atoms. The molecule has 0 unspecified atom stereocenters. The molecule has 0 amide bonds. The van der Waals surface area contributed by atoms with E-state index in [1.54, 1.807) is 6.20 Å². The Morgan fingerprint density at radius 1 is 1.33 bits per heavy atom. The second kappa shape index (κ2) is 7.23. The van der Waals surface area contributed by atoms with E-state index < -0.39 is 8.07 Å². The van der Waals surface area contributed by atoms with E-state index in [1.807, 2.05) is 6.07 Å². The van der Waals surface area contributed by atoms with Crippen LogP contribution in [0.3, 0.4) is 0 Å². The van der Waals surface area contributed by atoms with Gasteiger partial charge in [-0.2, -0.15) is 0 Å². The van der Waals surface area contributed by atoms with Gasteiger partial charge < -0.3 is 4.74 Å². The van der Waals surface area contributed by atoms with Crippen LogP contribution in [0.2, 0.25) is 31.0 Å². The van der Waals surface area contributed by atoms with Crippen molar-refractivity contribution in [1.82, 2.24) is 19.5 Å². The van der Waals surface area contributed by atoms with Crippen LogP contribution >= 0.6 is 27.5 Å². The third-order valence-corrected chi connectivity index (χ3v) is 6.65. The molecule has 2 aromatic heterocycles. The summed E-state index contributed by atoms with van der Waals surface area (Å²) in [6.07, 6.45) is 4.02. The average Bonchev–Trinajstić information content (AvgIpc) is 3.28. The van der Waals surface area contributed by atoms with Gasteiger partial charge >= 0.3 is 0 Å². The summed E-state index contributed by atoms with van der Waals surface area (Å²) >= 11 is 9.60. The van der Waals surface area contributed by atoms with E-state index >= 15 is 0 Å². The standard InChI is InChI=1S/C16H22BrClN4OSi/c1-24(2,3)9-8-23-10-22-14(17)13(21-15(22)11-4-5-11)12-6-7-19-16(18)20-12/h6-7,11H,4-5,8-10H2,1-3H3. The van der Waals surface area contributed by atoms with Gasteiger partial charge in [-0.3, -0.25) is 4.57 Å². The van der Waals surface area contributed by atoms with E-state index in [1.165, 1.54) is 12.8 Å². The Labute approximate surface area is 157 Å². The molecule has 1 fully saturated rings. The quantitative estimate of drug-likeness (QED) is 0.355. The van der Waals surface area contributed by atoms with Crippen LogP contribution in [-0.4, -0.2) is 34.2 Å². The summed E-state index contributed by atoms with van der Waals surface area (Å²) in [5.74, 6) is 1.59. The molecule has 130 valence electrons. The van der Waals surface area contributed by atoms with Crippen molar-refractivity contribution in [3.63, 3.8) is 0 Å². The second-order valence-electron chi connectivity index (χ2n) is 7.37. The number of aromatic nitrogens is 4. The Morgan fingerprint density at radius 3 is 2.71 bits per heavy atom. The van der Waals surface area contributed by atoms with Crippen molar-refractivity contribution < 1.29 is 4.74 Å². The summed E-state index contributed by atoms with van der Waals surface area (Å²) in [6.45, 7) is 8.38. The number of hydrogen-bond donors (Lipinski definition) is 0. The predicted molar refractivity (Wildman–Crippen MR) is 102 cm³/mol. The number of rotatable bonds is 7. The maximum absolute atomic E-state index is 5.94. The van der Waals surface area contributed by atoms with Gasteiger partial charge in [0.25, 0.3) is 0 Å². The molecular weight excluding hydrogens is 408 g/mol. The summed E-state index contributed by atoms with van der Waals surface area (Å²) in [7, 11) is -1.08. The number of ether oxygens (including phenoxy) is 1. The average molecular weight is 430 g/mol. The highest BCUT2D eigenvalue weighted by Gasteiger charge is 2.31. The summed E-state index contributed by atoms with van der Waals surface area (Å²) in [5.41, 5.74) is 1.53. The van der Waals surface area contributed by atoms with Crippen LogP contribution in [0.15, 0.2) is 16.9 Å². The molecule has 0 aliphatic heterocycles. The summed E-state index contributed by atoms with van der Waals surface area (Å²) < 4.78 is 8.95. The van der Waals surface area contributed by atoms with Crippen LogP contribution in [-0.2, 0) is 11.5 Å². The highest BCUT2D eigenvalue weighted by molar-refractivity contribution is 9.10. The van der Waals surface area contributed by atoms with Crippen molar-refractivity contribution in [2.75, 3.05) is 6.61 Å². The van der Waals surface area contributed by atoms with Gasteiger partial charge in [-0.1, -0.05) is 19.6 Å². The fraction of sp³-hybridized carbons (Fsp3) is 0.562. The first kappa shape index (κ1) is 18.0. The molecule has 2 heterocycles. The van der Waals surface area contributed by atoms with Crippen molar-refractivity contribution in [3.05, 3.63) is 28.0 Å². The van der Waals surface area contributed by atoms with Crippen LogP contribution < -0.4 is 0 Å². The normalized spacial score (nSPS) is 15.0. The number of hydrogen-bond acceptors (Lipinski definition) is 4. The lowest BCUT2D eigenvalue weighted by Gasteiger charge is -2.16. The molecule has 0 N–H and O–H groups in total. The van der Waals surface area contributed by atoms with E-state index in [2.05, 4.69) is 50.1 Å². The molecule has 0 spiro atoms. The first-order valence-electron chi connectivity index (χ1n) is 8.18. The zero-order valence-corrected chi connectivity index (χ0v) is 17.6. The molecular formula is C16H22BrClN4OSi. The van der Waals surface area contributed by atoms with Gasteiger partial charge in [0.05, 0.1) is 5.69 Å². The zero-order valence-electron chi connectivity index (χ0n) is 14.2. The van der Waals surface area contributed by atoms with Crippen LogP contribution in [0.1, 0.15) is 24.6 Å². The van der Waals surface area contributed by atoms with Crippen LogP contribution in [0.5, 0.6) is 0 Å². The van der Waals surface area contributed by atoms with Gasteiger partial charge in [0, 0.05) is 26.8 Å². The first-order chi connectivity index (χ1) is 11.3. The van der Waals surface area contributed by atoms with Gasteiger partial charge in [-0.25, -0.2) is 15.0 Å². The lowest BCUT2D eigenvalue weighted by atomic mass is 10.3. The number of nitrogens with zero attached hydrogens (tertiary/aromatic N) is 4. The van der Waals surface area contributed by atoms with E-state index in [4.69, 9.17) is 21.3 Å². The van der Waals surface area contributed by atoms with Gasteiger partial charge in [0.2, 0.25) is 5.28 Å². The molecule has 2 aromatic rings. The predicted octanol–water partition coefficient (Wildman–Crippen LogP) is 4.95. The van der Waals surface area contributed by atoms with Crippen molar-refractivity contribution in [2.45, 2.75) is 51.2 Å². The number of imidazole rings is 1. The third kappa shape index (κ3) is 4.44. The molecule has 1 aliphatic carbocycles.